The number of rotatable bonds is 1. The number of halogens is 1. The van der Waals surface area contributed by atoms with Crippen LogP contribution < -0.4 is 5.69 Å². The molecule has 0 amide bonds. The average molecular weight is 299 g/mol. The highest BCUT2D eigenvalue weighted by molar-refractivity contribution is 6.30. The Hall–Kier alpha value is -2.53. The standard InChI is InChI=1S/C15H11ClN4O/c1-20-13-7-11-10(6-12(13)19-15(20)21)17-14(18-11)8-2-4-9(16)5-3-8/h2-7H,1H3,(H,17,18)(H,19,21). The summed E-state index contributed by atoms with van der Waals surface area (Å²) in [6.45, 7) is 0. The molecule has 0 saturated heterocycles. The van der Waals surface area contributed by atoms with Gasteiger partial charge in [0.1, 0.15) is 5.82 Å². The Kier molecular flexibility index (Phi) is 2.46. The normalized spacial score (nSPS) is 11.5. The van der Waals surface area contributed by atoms with Crippen LogP contribution in [0.3, 0.4) is 0 Å². The van der Waals surface area contributed by atoms with Crippen LogP contribution >= 0.6 is 11.6 Å². The van der Waals surface area contributed by atoms with Crippen LogP contribution in [0.1, 0.15) is 0 Å². The first-order valence-electron chi connectivity index (χ1n) is 6.46. The number of nitrogens with one attached hydrogen (secondary N) is 2. The second-order valence-corrected chi connectivity index (χ2v) is 5.40. The predicted molar refractivity (Wildman–Crippen MR) is 83.6 cm³/mol. The molecule has 0 spiro atoms. The minimum atomic E-state index is -0.129. The lowest BCUT2D eigenvalue weighted by Crippen LogP contribution is -2.11. The Morgan fingerprint density at radius 3 is 2.62 bits per heavy atom. The molecule has 0 aliphatic heterocycles. The van der Waals surface area contributed by atoms with Crippen molar-refractivity contribution in [2.75, 3.05) is 0 Å². The lowest BCUT2D eigenvalue weighted by molar-refractivity contribution is 0.892. The summed E-state index contributed by atoms with van der Waals surface area (Å²) < 4.78 is 1.57. The van der Waals surface area contributed by atoms with Crippen molar-refractivity contribution >= 4 is 33.7 Å². The highest BCUT2D eigenvalue weighted by Gasteiger charge is 2.09. The Morgan fingerprint density at radius 2 is 1.86 bits per heavy atom. The fourth-order valence-corrected chi connectivity index (χ4v) is 2.60. The van der Waals surface area contributed by atoms with Gasteiger partial charge in [0.05, 0.1) is 22.1 Å². The van der Waals surface area contributed by atoms with Crippen LogP contribution in [-0.4, -0.2) is 19.5 Å². The fourth-order valence-electron chi connectivity index (χ4n) is 2.48. The van der Waals surface area contributed by atoms with Crippen LogP contribution in [0.15, 0.2) is 41.2 Å². The van der Waals surface area contributed by atoms with Crippen LogP contribution in [0.25, 0.3) is 33.5 Å². The highest BCUT2D eigenvalue weighted by atomic mass is 35.5. The van der Waals surface area contributed by atoms with E-state index < -0.39 is 0 Å². The van der Waals surface area contributed by atoms with E-state index in [-0.39, 0.29) is 5.69 Å². The first kappa shape index (κ1) is 12.2. The molecule has 2 heterocycles. The monoisotopic (exact) mass is 298 g/mol. The molecular weight excluding hydrogens is 288 g/mol. The number of aromatic nitrogens is 4. The van der Waals surface area contributed by atoms with Crippen molar-refractivity contribution in [1.29, 1.82) is 0 Å². The number of hydrogen-bond donors (Lipinski definition) is 2. The van der Waals surface area contributed by atoms with Gasteiger partial charge in [0, 0.05) is 17.6 Å². The number of H-pyrrole nitrogens is 2. The second-order valence-electron chi connectivity index (χ2n) is 4.97. The Labute approximate surface area is 124 Å². The van der Waals surface area contributed by atoms with Crippen LogP contribution in [0.2, 0.25) is 5.02 Å². The highest BCUT2D eigenvalue weighted by Crippen LogP contribution is 2.24. The molecule has 6 heteroatoms. The van der Waals surface area contributed by atoms with Gasteiger partial charge in [-0.15, -0.1) is 0 Å². The summed E-state index contributed by atoms with van der Waals surface area (Å²) in [6, 6.07) is 11.3. The van der Waals surface area contributed by atoms with Crippen LogP contribution in [-0.2, 0) is 7.05 Å². The van der Waals surface area contributed by atoms with Gasteiger partial charge < -0.3 is 9.97 Å². The number of aromatic amines is 2. The molecule has 2 N–H and O–H groups in total. The Balaban J connectivity index is 1.95. The molecule has 0 fully saturated rings. The Bertz CT molecular complexity index is 1020. The second kappa shape index (κ2) is 4.23. The summed E-state index contributed by atoms with van der Waals surface area (Å²) in [7, 11) is 1.74. The number of aryl methyl sites for hydroxylation is 1. The van der Waals surface area contributed by atoms with Crippen molar-refractivity contribution in [2.24, 2.45) is 7.05 Å². The molecule has 0 aliphatic carbocycles. The zero-order valence-corrected chi connectivity index (χ0v) is 11.9. The van der Waals surface area contributed by atoms with E-state index in [1.807, 2.05) is 36.4 Å². The van der Waals surface area contributed by atoms with Gasteiger partial charge in [-0.2, -0.15) is 0 Å². The van der Waals surface area contributed by atoms with Gasteiger partial charge >= 0.3 is 5.69 Å². The van der Waals surface area contributed by atoms with E-state index in [0.29, 0.717) is 5.02 Å². The first-order valence-corrected chi connectivity index (χ1v) is 6.84. The van der Waals surface area contributed by atoms with Crippen molar-refractivity contribution in [3.8, 4) is 11.4 Å². The van der Waals surface area contributed by atoms with Crippen molar-refractivity contribution < 1.29 is 0 Å². The maximum Gasteiger partial charge on any atom is 0.326 e. The molecule has 104 valence electrons. The molecule has 5 nitrogen and oxygen atoms in total. The van der Waals surface area contributed by atoms with Crippen molar-refractivity contribution in [3.63, 3.8) is 0 Å². The number of imidazole rings is 2. The van der Waals surface area contributed by atoms with Gasteiger partial charge in [0.2, 0.25) is 0 Å². The van der Waals surface area contributed by atoms with E-state index >= 15 is 0 Å². The summed E-state index contributed by atoms with van der Waals surface area (Å²) in [4.78, 5) is 22.3. The molecule has 0 bridgehead atoms. The minimum absolute atomic E-state index is 0.129. The van der Waals surface area contributed by atoms with Gasteiger partial charge in [-0.05, 0) is 36.4 Å². The lowest BCUT2D eigenvalue weighted by Gasteiger charge is -1.95. The summed E-state index contributed by atoms with van der Waals surface area (Å²) in [5.41, 5.74) is 4.17. The largest absolute Gasteiger partial charge is 0.338 e. The van der Waals surface area contributed by atoms with Gasteiger partial charge in [-0.1, -0.05) is 11.6 Å². The molecule has 0 saturated carbocycles. The topological polar surface area (TPSA) is 66.5 Å². The molecule has 0 aliphatic rings. The average Bonchev–Trinajstić information content (AvgIpc) is 2.99. The smallest absolute Gasteiger partial charge is 0.326 e. The van der Waals surface area contributed by atoms with Crippen molar-refractivity contribution in [3.05, 3.63) is 51.9 Å². The zero-order valence-electron chi connectivity index (χ0n) is 11.1. The fraction of sp³-hybridized carbons (Fsp3) is 0.0667. The van der Waals surface area contributed by atoms with Crippen LogP contribution in [0.4, 0.5) is 0 Å². The van der Waals surface area contributed by atoms with Crippen LogP contribution in [0.5, 0.6) is 0 Å². The number of fused-ring (bicyclic) bond motifs is 2. The first-order chi connectivity index (χ1) is 10.1. The molecule has 2 aromatic carbocycles. The molecule has 2 aromatic heterocycles. The van der Waals surface area contributed by atoms with Gasteiger partial charge in [0.15, 0.2) is 0 Å². The van der Waals surface area contributed by atoms with E-state index in [2.05, 4.69) is 15.0 Å². The minimum Gasteiger partial charge on any atom is -0.338 e. The van der Waals surface area contributed by atoms with Gasteiger partial charge in [-0.25, -0.2) is 9.78 Å². The molecule has 0 atom stereocenters. The van der Waals surface area contributed by atoms with Crippen LogP contribution in [0, 0.1) is 0 Å². The third-order valence-corrected chi connectivity index (χ3v) is 3.88. The number of hydrogen-bond acceptors (Lipinski definition) is 2. The van der Waals surface area contributed by atoms with Crippen molar-refractivity contribution in [2.45, 2.75) is 0 Å². The number of nitrogens with zero attached hydrogens (tertiary/aromatic N) is 2. The Morgan fingerprint density at radius 1 is 1.10 bits per heavy atom. The maximum absolute atomic E-state index is 11.6. The van der Waals surface area contributed by atoms with Gasteiger partial charge in [0.25, 0.3) is 0 Å². The lowest BCUT2D eigenvalue weighted by atomic mass is 10.2. The summed E-state index contributed by atoms with van der Waals surface area (Å²) >= 11 is 5.90. The molecule has 4 aromatic rings. The van der Waals surface area contributed by atoms with E-state index in [1.54, 1.807) is 11.6 Å². The predicted octanol–water partition coefficient (Wildman–Crippen LogP) is 3.06. The summed E-state index contributed by atoms with van der Waals surface area (Å²) in [6.07, 6.45) is 0. The quantitative estimate of drug-likeness (QED) is 0.567. The number of benzene rings is 2. The van der Waals surface area contributed by atoms with Crippen molar-refractivity contribution in [1.82, 2.24) is 19.5 Å². The van der Waals surface area contributed by atoms with Gasteiger partial charge in [-0.3, -0.25) is 4.57 Å². The third-order valence-electron chi connectivity index (χ3n) is 3.62. The molecule has 4 rings (SSSR count). The molecular formula is C15H11ClN4O. The zero-order chi connectivity index (χ0) is 14.6. The SMILES string of the molecule is Cn1c(=O)[nH]c2cc3[nH]c(-c4ccc(Cl)cc4)nc3cc21. The van der Waals surface area contributed by atoms with E-state index in [4.69, 9.17) is 11.6 Å². The molecule has 0 radical (unpaired) electrons. The third kappa shape index (κ3) is 1.86. The molecule has 0 unspecified atom stereocenters. The maximum atomic E-state index is 11.6. The summed E-state index contributed by atoms with van der Waals surface area (Å²) in [5.74, 6) is 0.777. The molecule has 21 heavy (non-hydrogen) atoms. The van der Waals surface area contributed by atoms with E-state index in [1.165, 1.54) is 0 Å². The van der Waals surface area contributed by atoms with E-state index in [9.17, 15) is 4.79 Å². The summed E-state index contributed by atoms with van der Waals surface area (Å²) in [5, 5.41) is 0.693. The van der Waals surface area contributed by atoms with E-state index in [0.717, 1.165) is 33.5 Å².